The maximum absolute atomic E-state index is 13.2. The van der Waals surface area contributed by atoms with E-state index in [9.17, 15) is 24.6 Å². The summed E-state index contributed by atoms with van der Waals surface area (Å²) in [5.74, 6) is -2.33. The van der Waals surface area contributed by atoms with Crippen LogP contribution in [0.25, 0.3) is 10.2 Å². The molecule has 0 saturated heterocycles. The molecular formula is C17H20N2O5S. The summed E-state index contributed by atoms with van der Waals surface area (Å²) in [6, 6.07) is -0.998. The minimum Gasteiger partial charge on any atom is -0.481 e. The van der Waals surface area contributed by atoms with Crippen LogP contribution in [0.1, 0.15) is 61.3 Å². The molecule has 2 aromatic rings. The van der Waals surface area contributed by atoms with E-state index >= 15 is 0 Å². The second kappa shape index (κ2) is 6.59. The van der Waals surface area contributed by atoms with Crippen molar-refractivity contribution >= 4 is 33.5 Å². The zero-order valence-corrected chi connectivity index (χ0v) is 14.9. The van der Waals surface area contributed by atoms with Crippen molar-refractivity contribution < 1.29 is 19.8 Å². The molecule has 8 heteroatoms. The van der Waals surface area contributed by atoms with Gasteiger partial charge in [-0.25, -0.2) is 9.78 Å². The van der Waals surface area contributed by atoms with Gasteiger partial charge in [0.1, 0.15) is 16.7 Å². The number of hydrogen-bond donors (Lipinski definition) is 2. The fraction of sp³-hybridized carbons (Fsp3) is 0.529. The van der Waals surface area contributed by atoms with E-state index in [0.29, 0.717) is 34.4 Å². The molecular weight excluding hydrogens is 344 g/mol. The van der Waals surface area contributed by atoms with Crippen LogP contribution in [0.3, 0.4) is 0 Å². The lowest BCUT2D eigenvalue weighted by atomic mass is 9.86. The van der Waals surface area contributed by atoms with Crippen molar-refractivity contribution in [2.45, 2.75) is 57.9 Å². The highest BCUT2D eigenvalue weighted by Crippen LogP contribution is 2.40. The van der Waals surface area contributed by atoms with Crippen LogP contribution in [0, 0.1) is 0 Å². The van der Waals surface area contributed by atoms with Gasteiger partial charge in [0.25, 0.3) is 5.56 Å². The Bertz CT molecular complexity index is 914. The standard InChI is InChI=1S/C17H20N2O5S/c1-3-9(17(23)24)19-11(4-2)18-14-13(15(19)20)12-8(16(21)22)6-5-7-10(12)25-14/h8-9H,3-7H2,1-2H3,(H,21,22)(H,23,24). The maximum atomic E-state index is 13.2. The smallest absolute Gasteiger partial charge is 0.326 e. The van der Waals surface area contributed by atoms with Crippen molar-refractivity contribution in [2.24, 2.45) is 0 Å². The van der Waals surface area contributed by atoms with Crippen molar-refractivity contribution in [3.63, 3.8) is 0 Å². The molecule has 1 aliphatic rings. The summed E-state index contributed by atoms with van der Waals surface area (Å²) < 4.78 is 1.24. The van der Waals surface area contributed by atoms with E-state index in [1.807, 2.05) is 6.92 Å². The Balaban J connectivity index is 2.38. The monoisotopic (exact) mass is 364 g/mol. The van der Waals surface area contributed by atoms with Gasteiger partial charge < -0.3 is 10.2 Å². The Labute approximate surface area is 147 Å². The number of carbonyl (C=O) groups is 2. The number of aryl methyl sites for hydroxylation is 2. The number of carboxylic acids is 2. The third-order valence-electron chi connectivity index (χ3n) is 4.79. The average Bonchev–Trinajstić information content (AvgIpc) is 2.95. The highest BCUT2D eigenvalue weighted by Gasteiger charge is 2.33. The van der Waals surface area contributed by atoms with Crippen molar-refractivity contribution in [2.75, 3.05) is 0 Å². The van der Waals surface area contributed by atoms with Crippen LogP contribution in [0.15, 0.2) is 4.79 Å². The Hall–Kier alpha value is -2.22. The number of nitrogens with zero attached hydrogens (tertiary/aromatic N) is 2. The van der Waals surface area contributed by atoms with Gasteiger partial charge in [-0.15, -0.1) is 11.3 Å². The fourth-order valence-electron chi connectivity index (χ4n) is 3.62. The first-order chi connectivity index (χ1) is 11.9. The van der Waals surface area contributed by atoms with Crippen LogP contribution in [-0.4, -0.2) is 31.7 Å². The van der Waals surface area contributed by atoms with Gasteiger partial charge in [-0.3, -0.25) is 14.2 Å². The average molecular weight is 364 g/mol. The predicted octanol–water partition coefficient (Wildman–Crippen LogP) is 2.56. The minimum absolute atomic E-state index is 0.254. The molecule has 1 aliphatic carbocycles. The second-order valence-electron chi connectivity index (χ2n) is 6.22. The summed E-state index contributed by atoms with van der Waals surface area (Å²) >= 11 is 1.37. The molecule has 134 valence electrons. The van der Waals surface area contributed by atoms with E-state index in [2.05, 4.69) is 4.98 Å². The first kappa shape index (κ1) is 17.6. The molecule has 0 radical (unpaired) electrons. The topological polar surface area (TPSA) is 109 Å². The summed E-state index contributed by atoms with van der Waals surface area (Å²) in [6.07, 6.45) is 2.67. The van der Waals surface area contributed by atoms with E-state index in [-0.39, 0.29) is 6.42 Å². The first-order valence-electron chi connectivity index (χ1n) is 8.42. The van der Waals surface area contributed by atoms with Crippen LogP contribution in [0.4, 0.5) is 0 Å². The molecule has 0 amide bonds. The van der Waals surface area contributed by atoms with Crippen LogP contribution in [-0.2, 0) is 22.4 Å². The molecule has 2 N–H and O–H groups in total. The number of hydrogen-bond acceptors (Lipinski definition) is 5. The third-order valence-corrected chi connectivity index (χ3v) is 5.95. The number of thiophene rings is 1. The molecule has 7 nitrogen and oxygen atoms in total. The molecule has 25 heavy (non-hydrogen) atoms. The molecule has 2 heterocycles. The zero-order valence-electron chi connectivity index (χ0n) is 14.1. The van der Waals surface area contributed by atoms with E-state index in [0.717, 1.165) is 17.7 Å². The molecule has 0 bridgehead atoms. The number of aliphatic carboxylic acids is 2. The molecule has 2 unspecified atom stereocenters. The van der Waals surface area contributed by atoms with Gasteiger partial charge in [-0.05, 0) is 31.2 Å². The summed E-state index contributed by atoms with van der Waals surface area (Å²) in [5, 5.41) is 19.3. The van der Waals surface area contributed by atoms with Crippen molar-refractivity contribution in [1.29, 1.82) is 0 Å². The fourth-order valence-corrected chi connectivity index (χ4v) is 4.91. The highest BCUT2D eigenvalue weighted by molar-refractivity contribution is 7.18. The van der Waals surface area contributed by atoms with Gasteiger partial charge in [0, 0.05) is 11.3 Å². The molecule has 3 rings (SSSR count). The van der Waals surface area contributed by atoms with E-state index in [4.69, 9.17) is 0 Å². The molecule has 0 aliphatic heterocycles. The van der Waals surface area contributed by atoms with Crippen LogP contribution < -0.4 is 5.56 Å². The molecule has 2 aromatic heterocycles. The van der Waals surface area contributed by atoms with Gasteiger partial charge >= 0.3 is 11.9 Å². The maximum Gasteiger partial charge on any atom is 0.326 e. The van der Waals surface area contributed by atoms with Gasteiger partial charge in [0.2, 0.25) is 0 Å². The number of carboxylic acid groups (broad SMARTS) is 2. The van der Waals surface area contributed by atoms with Gasteiger partial charge in [0.05, 0.1) is 11.3 Å². The minimum atomic E-state index is -1.08. The lowest BCUT2D eigenvalue weighted by molar-refractivity contribution is -0.141. The Morgan fingerprint density at radius 1 is 1.36 bits per heavy atom. The summed E-state index contributed by atoms with van der Waals surface area (Å²) in [6.45, 7) is 3.53. The second-order valence-corrected chi connectivity index (χ2v) is 7.30. The van der Waals surface area contributed by atoms with Crippen molar-refractivity contribution in [1.82, 2.24) is 9.55 Å². The third kappa shape index (κ3) is 2.74. The Morgan fingerprint density at radius 3 is 2.64 bits per heavy atom. The number of fused-ring (bicyclic) bond motifs is 3. The summed E-state index contributed by atoms with van der Waals surface area (Å²) in [4.78, 5) is 42.4. The molecule has 0 saturated carbocycles. The van der Waals surface area contributed by atoms with E-state index < -0.39 is 29.5 Å². The number of rotatable bonds is 5. The van der Waals surface area contributed by atoms with Crippen LogP contribution in [0.2, 0.25) is 0 Å². The van der Waals surface area contributed by atoms with E-state index in [1.54, 1.807) is 6.92 Å². The Morgan fingerprint density at radius 2 is 2.08 bits per heavy atom. The predicted molar refractivity (Wildman–Crippen MR) is 93.5 cm³/mol. The lowest BCUT2D eigenvalue weighted by Gasteiger charge is -2.20. The lowest BCUT2D eigenvalue weighted by Crippen LogP contribution is -2.33. The van der Waals surface area contributed by atoms with Crippen LogP contribution in [0.5, 0.6) is 0 Å². The van der Waals surface area contributed by atoms with Crippen molar-refractivity contribution in [3.8, 4) is 0 Å². The van der Waals surface area contributed by atoms with E-state index in [1.165, 1.54) is 15.9 Å². The molecule has 0 aromatic carbocycles. The Kier molecular flexibility index (Phi) is 4.64. The first-order valence-corrected chi connectivity index (χ1v) is 9.24. The largest absolute Gasteiger partial charge is 0.481 e. The summed E-state index contributed by atoms with van der Waals surface area (Å²) in [7, 11) is 0. The highest BCUT2D eigenvalue weighted by atomic mass is 32.1. The van der Waals surface area contributed by atoms with Crippen LogP contribution >= 0.6 is 11.3 Å². The molecule has 0 fully saturated rings. The SMILES string of the molecule is CCc1nc2sc3c(c2c(=O)n1C(CC)C(=O)O)C(C(=O)O)CCC3. The number of aromatic nitrogens is 2. The van der Waals surface area contributed by atoms with Crippen molar-refractivity contribution in [3.05, 3.63) is 26.6 Å². The molecule has 0 spiro atoms. The quantitative estimate of drug-likeness (QED) is 0.844. The molecule has 2 atom stereocenters. The summed E-state index contributed by atoms with van der Waals surface area (Å²) in [5.41, 5.74) is 0.120. The zero-order chi connectivity index (χ0) is 18.3. The normalized spacial score (nSPS) is 18.1. The van der Waals surface area contributed by atoms with Gasteiger partial charge in [0.15, 0.2) is 0 Å². The van der Waals surface area contributed by atoms with Gasteiger partial charge in [-0.2, -0.15) is 0 Å². The van der Waals surface area contributed by atoms with Gasteiger partial charge in [-0.1, -0.05) is 13.8 Å².